The summed E-state index contributed by atoms with van der Waals surface area (Å²) in [6, 6.07) is 0. The van der Waals surface area contributed by atoms with Crippen LogP contribution in [0.15, 0.2) is 0 Å². The van der Waals surface area contributed by atoms with Crippen LogP contribution in [0.4, 0.5) is 0 Å². The van der Waals surface area contributed by atoms with E-state index in [4.69, 9.17) is 0 Å². The molecule has 19 heavy (non-hydrogen) atoms. The molecule has 1 aliphatic heterocycles. The lowest BCUT2D eigenvalue weighted by atomic mass is 10.1. The van der Waals surface area contributed by atoms with E-state index in [2.05, 4.69) is 27.6 Å². The first-order chi connectivity index (χ1) is 8.77. The smallest absolute Gasteiger partial charge is 0.214 e. The lowest BCUT2D eigenvalue weighted by molar-refractivity contribution is 0.528. The van der Waals surface area contributed by atoms with Gasteiger partial charge in [0.05, 0.1) is 16.8 Å². The van der Waals surface area contributed by atoms with E-state index in [0.717, 1.165) is 18.2 Å². The predicted molar refractivity (Wildman–Crippen MR) is 80.8 cm³/mol. The SMILES string of the molecule is CC(CBr)CCCNS(=O)(=O)C1CCS(=O)(=O)CC1. The number of nitrogens with one attached hydrogen (secondary N) is 1. The van der Waals surface area contributed by atoms with E-state index >= 15 is 0 Å². The van der Waals surface area contributed by atoms with Crippen LogP contribution in [-0.4, -0.2) is 45.5 Å². The summed E-state index contributed by atoms with van der Waals surface area (Å²) in [7, 11) is -6.38. The summed E-state index contributed by atoms with van der Waals surface area (Å²) >= 11 is 3.38. The Balaban J connectivity index is 2.36. The van der Waals surface area contributed by atoms with E-state index < -0.39 is 25.1 Å². The summed E-state index contributed by atoms with van der Waals surface area (Å²) in [6.07, 6.45) is 2.20. The Hall–Kier alpha value is 0.340. The molecule has 1 aliphatic rings. The van der Waals surface area contributed by atoms with Gasteiger partial charge in [0.2, 0.25) is 10.0 Å². The summed E-state index contributed by atoms with van der Waals surface area (Å²) in [4.78, 5) is 0. The largest absolute Gasteiger partial charge is 0.229 e. The molecule has 114 valence electrons. The van der Waals surface area contributed by atoms with Gasteiger partial charge in [-0.2, -0.15) is 0 Å². The fourth-order valence-electron chi connectivity index (χ4n) is 2.04. The Morgan fingerprint density at radius 2 is 1.89 bits per heavy atom. The molecule has 1 saturated heterocycles. The Morgan fingerprint density at radius 3 is 2.42 bits per heavy atom. The molecule has 1 heterocycles. The molecular formula is C11H22BrNO4S2. The summed E-state index contributed by atoms with van der Waals surface area (Å²) in [5, 5.41) is 0.366. The van der Waals surface area contributed by atoms with Crippen LogP contribution in [0.1, 0.15) is 32.6 Å². The van der Waals surface area contributed by atoms with Crippen molar-refractivity contribution in [1.82, 2.24) is 4.72 Å². The number of hydrogen-bond acceptors (Lipinski definition) is 4. The standard InChI is InChI=1S/C11H22BrNO4S2/c1-10(9-12)3-2-6-13-19(16,17)11-4-7-18(14,15)8-5-11/h10-11,13H,2-9H2,1H3. The quantitative estimate of drug-likeness (QED) is 0.536. The van der Waals surface area contributed by atoms with Gasteiger partial charge < -0.3 is 0 Å². The lowest BCUT2D eigenvalue weighted by Crippen LogP contribution is -2.40. The maximum absolute atomic E-state index is 12.0. The van der Waals surface area contributed by atoms with Crippen LogP contribution in [0.2, 0.25) is 0 Å². The molecule has 1 N–H and O–H groups in total. The number of halogens is 1. The lowest BCUT2D eigenvalue weighted by Gasteiger charge is -2.22. The van der Waals surface area contributed by atoms with Crippen molar-refractivity contribution in [3.05, 3.63) is 0 Å². The fourth-order valence-corrected chi connectivity index (χ4v) is 5.67. The maximum Gasteiger partial charge on any atom is 0.214 e. The first-order valence-electron chi connectivity index (χ1n) is 6.52. The molecule has 0 radical (unpaired) electrons. The van der Waals surface area contributed by atoms with Crippen LogP contribution >= 0.6 is 15.9 Å². The van der Waals surface area contributed by atoms with Crippen molar-refractivity contribution in [3.63, 3.8) is 0 Å². The first-order valence-corrected chi connectivity index (χ1v) is 11.0. The highest BCUT2D eigenvalue weighted by atomic mass is 79.9. The Morgan fingerprint density at radius 1 is 1.32 bits per heavy atom. The van der Waals surface area contributed by atoms with Gasteiger partial charge in [0.1, 0.15) is 9.84 Å². The van der Waals surface area contributed by atoms with Crippen molar-refractivity contribution in [2.45, 2.75) is 37.9 Å². The molecule has 0 amide bonds. The molecule has 0 bridgehead atoms. The molecule has 0 saturated carbocycles. The van der Waals surface area contributed by atoms with Gasteiger partial charge in [0.25, 0.3) is 0 Å². The zero-order valence-corrected chi connectivity index (χ0v) is 14.4. The summed E-state index contributed by atoms with van der Waals surface area (Å²) < 4.78 is 49.1. The van der Waals surface area contributed by atoms with Gasteiger partial charge in [-0.25, -0.2) is 21.6 Å². The average molecular weight is 376 g/mol. The van der Waals surface area contributed by atoms with Crippen molar-refractivity contribution in [2.24, 2.45) is 5.92 Å². The summed E-state index contributed by atoms with van der Waals surface area (Å²) in [5.74, 6) is 0.502. The van der Waals surface area contributed by atoms with E-state index in [9.17, 15) is 16.8 Å². The van der Waals surface area contributed by atoms with Gasteiger partial charge in [-0.05, 0) is 31.6 Å². The third kappa shape index (κ3) is 6.10. The summed E-state index contributed by atoms with van der Waals surface area (Å²) in [5.41, 5.74) is 0. The Labute approximate surface area is 124 Å². The highest BCUT2D eigenvalue weighted by Gasteiger charge is 2.32. The molecule has 1 atom stereocenters. The van der Waals surface area contributed by atoms with Crippen molar-refractivity contribution < 1.29 is 16.8 Å². The van der Waals surface area contributed by atoms with E-state index in [1.165, 1.54) is 0 Å². The van der Waals surface area contributed by atoms with Crippen molar-refractivity contribution in [2.75, 3.05) is 23.4 Å². The molecule has 1 fully saturated rings. The van der Waals surface area contributed by atoms with Gasteiger partial charge in [-0.15, -0.1) is 0 Å². The zero-order valence-electron chi connectivity index (χ0n) is 11.1. The van der Waals surface area contributed by atoms with E-state index in [0.29, 0.717) is 12.5 Å². The van der Waals surface area contributed by atoms with Crippen LogP contribution in [0.3, 0.4) is 0 Å². The van der Waals surface area contributed by atoms with Crippen molar-refractivity contribution in [3.8, 4) is 0 Å². The number of hydrogen-bond donors (Lipinski definition) is 1. The molecule has 0 aliphatic carbocycles. The van der Waals surface area contributed by atoms with Gasteiger partial charge in [0.15, 0.2) is 0 Å². The average Bonchev–Trinajstić information content (AvgIpc) is 2.33. The third-order valence-electron chi connectivity index (χ3n) is 3.38. The molecule has 0 aromatic rings. The molecule has 1 unspecified atom stereocenters. The van der Waals surface area contributed by atoms with Crippen LogP contribution in [0.25, 0.3) is 0 Å². The second-order valence-corrected chi connectivity index (χ2v) is 10.2. The Kier molecular flexibility index (Phi) is 6.75. The normalized spacial score (nSPS) is 22.2. The van der Waals surface area contributed by atoms with E-state index in [1.54, 1.807) is 0 Å². The Bertz CT molecular complexity index is 461. The van der Waals surface area contributed by atoms with Crippen molar-refractivity contribution >= 4 is 35.8 Å². The highest BCUT2D eigenvalue weighted by Crippen LogP contribution is 2.18. The van der Waals surface area contributed by atoms with Gasteiger partial charge in [-0.1, -0.05) is 22.9 Å². The van der Waals surface area contributed by atoms with Gasteiger partial charge in [0, 0.05) is 11.9 Å². The maximum atomic E-state index is 12.0. The van der Waals surface area contributed by atoms with Crippen LogP contribution in [0.5, 0.6) is 0 Å². The third-order valence-corrected chi connectivity index (χ3v) is 8.16. The highest BCUT2D eigenvalue weighted by molar-refractivity contribution is 9.09. The monoisotopic (exact) mass is 375 g/mol. The van der Waals surface area contributed by atoms with Gasteiger partial charge >= 0.3 is 0 Å². The topological polar surface area (TPSA) is 80.3 Å². The van der Waals surface area contributed by atoms with Gasteiger partial charge in [-0.3, -0.25) is 0 Å². The number of sulfonamides is 1. The fraction of sp³-hybridized carbons (Fsp3) is 1.00. The van der Waals surface area contributed by atoms with Crippen LogP contribution in [0, 0.1) is 5.92 Å². The molecule has 8 heteroatoms. The second kappa shape index (κ2) is 7.38. The minimum Gasteiger partial charge on any atom is -0.229 e. The van der Waals surface area contributed by atoms with Crippen LogP contribution in [-0.2, 0) is 19.9 Å². The minimum atomic E-state index is -3.36. The first kappa shape index (κ1) is 17.4. The van der Waals surface area contributed by atoms with Crippen LogP contribution < -0.4 is 4.72 Å². The summed E-state index contributed by atoms with van der Waals surface area (Å²) in [6.45, 7) is 2.54. The second-order valence-electron chi connectivity index (χ2n) is 5.19. The number of alkyl halides is 1. The van der Waals surface area contributed by atoms with Crippen molar-refractivity contribution in [1.29, 1.82) is 0 Å². The molecule has 0 aromatic carbocycles. The number of rotatable bonds is 7. The minimum absolute atomic E-state index is 0.0147. The molecule has 0 spiro atoms. The zero-order chi connectivity index (χ0) is 14.5. The van der Waals surface area contributed by atoms with E-state index in [1.807, 2.05) is 0 Å². The molecule has 1 rings (SSSR count). The number of sulfone groups is 1. The molecule has 5 nitrogen and oxygen atoms in total. The molecule has 0 aromatic heterocycles. The van der Waals surface area contributed by atoms with E-state index in [-0.39, 0.29) is 24.3 Å². The predicted octanol–water partition coefficient (Wildman–Crippen LogP) is 1.29. The molecular weight excluding hydrogens is 354 g/mol.